The third-order valence-corrected chi connectivity index (χ3v) is 11.4. The van der Waals surface area contributed by atoms with E-state index in [4.69, 9.17) is 4.74 Å². The number of benzene rings is 2. The fraction of sp³-hybridized carbons (Fsp3) is 0.632. The molecule has 1 aliphatic heterocycles. The predicted octanol–water partition coefficient (Wildman–Crippen LogP) is 6.88. The number of aliphatic hydroxyl groups is 1. The summed E-state index contributed by atoms with van der Waals surface area (Å²) in [5.41, 5.74) is 0.779. The normalized spacial score (nSPS) is 18.0. The second-order valence-electron chi connectivity index (χ2n) is 13.8. The number of likely N-dealkylation sites (tertiary alicyclic amines) is 1. The number of carbonyl (C=O) groups excluding carboxylic acids is 1. The van der Waals surface area contributed by atoms with Crippen LogP contribution in [0.15, 0.2) is 47.3 Å². The molecule has 9 heteroatoms. The van der Waals surface area contributed by atoms with Crippen molar-refractivity contribution in [3.05, 3.63) is 63.3 Å². The van der Waals surface area contributed by atoms with Crippen LogP contribution in [0.5, 0.6) is 5.75 Å². The number of rotatable bonds is 18. The van der Waals surface area contributed by atoms with E-state index in [9.17, 15) is 19.8 Å². The van der Waals surface area contributed by atoms with Crippen LogP contribution >= 0.6 is 11.3 Å². The summed E-state index contributed by atoms with van der Waals surface area (Å²) < 4.78 is 6.73. The Labute approximate surface area is 283 Å². The standard InChI is InChI=1S/C38H55N3O5S/c42-33-19-18-30(35-34(33)40-37(44)47-35)20-24-39-23-12-4-2-1-3-5-13-25-41-26-21-29(22-27-41)28-46-36(43)38(45,31-14-8-6-9-15-31)32-16-10-7-11-17-32/h6,8-9,14-15,18-19,29,32,39,42,45H,1-5,7,10-13,16-17,20-28H2,(H,40,44). The number of carbonyl (C=O) groups is 1. The largest absolute Gasteiger partial charge is 0.506 e. The number of piperidine rings is 1. The summed E-state index contributed by atoms with van der Waals surface area (Å²) in [6.45, 7) is 5.55. The van der Waals surface area contributed by atoms with E-state index in [-0.39, 0.29) is 16.5 Å². The molecule has 5 rings (SSSR count). The Morgan fingerprint density at radius 1 is 0.915 bits per heavy atom. The van der Waals surface area contributed by atoms with Gasteiger partial charge in [-0.15, -0.1) is 0 Å². The van der Waals surface area contributed by atoms with Crippen LogP contribution < -0.4 is 10.2 Å². The molecule has 1 aliphatic carbocycles. The van der Waals surface area contributed by atoms with E-state index < -0.39 is 11.6 Å². The second-order valence-corrected chi connectivity index (χ2v) is 14.8. The summed E-state index contributed by atoms with van der Waals surface area (Å²) >= 11 is 1.17. The van der Waals surface area contributed by atoms with Crippen LogP contribution in [0.3, 0.4) is 0 Å². The summed E-state index contributed by atoms with van der Waals surface area (Å²) in [6.07, 6.45) is 16.8. The Balaban J connectivity index is 0.875. The zero-order valence-corrected chi connectivity index (χ0v) is 28.8. The van der Waals surface area contributed by atoms with Gasteiger partial charge in [-0.3, -0.25) is 4.79 Å². The van der Waals surface area contributed by atoms with Crippen LogP contribution in [0.2, 0.25) is 0 Å². The van der Waals surface area contributed by atoms with Crippen LogP contribution in [-0.4, -0.2) is 65.4 Å². The molecule has 2 heterocycles. The molecule has 8 nitrogen and oxygen atoms in total. The van der Waals surface area contributed by atoms with E-state index >= 15 is 0 Å². The lowest BCUT2D eigenvalue weighted by molar-refractivity contribution is -0.177. The number of hydrogen-bond donors (Lipinski definition) is 4. The Bertz CT molecular complexity index is 1430. The Kier molecular flexibility index (Phi) is 13.7. The lowest BCUT2D eigenvalue weighted by atomic mass is 9.73. The van der Waals surface area contributed by atoms with Gasteiger partial charge in [0.2, 0.25) is 0 Å². The van der Waals surface area contributed by atoms with Gasteiger partial charge in [-0.2, -0.15) is 0 Å². The van der Waals surface area contributed by atoms with E-state index in [1.807, 2.05) is 36.4 Å². The van der Waals surface area contributed by atoms with Crippen molar-refractivity contribution in [1.29, 1.82) is 0 Å². The first-order valence-corrected chi connectivity index (χ1v) is 19.0. The first kappa shape index (κ1) is 35.6. The second kappa shape index (κ2) is 18.2. The number of esters is 1. The van der Waals surface area contributed by atoms with Gasteiger partial charge in [-0.25, -0.2) is 4.79 Å². The molecule has 2 aliphatic rings. The number of phenols is 1. The lowest BCUT2D eigenvalue weighted by Crippen LogP contribution is -2.46. The van der Waals surface area contributed by atoms with Crippen molar-refractivity contribution in [3.63, 3.8) is 0 Å². The van der Waals surface area contributed by atoms with Crippen molar-refractivity contribution >= 4 is 27.5 Å². The SMILES string of the molecule is O=C(OCC1CCN(CCCCCCCCCNCCc2ccc(O)c3[nH]c(=O)sc23)CC1)C(O)(c1ccccc1)C1CCCCC1. The minimum Gasteiger partial charge on any atom is -0.506 e. The molecule has 2 aromatic carbocycles. The molecule has 1 unspecified atom stereocenters. The van der Waals surface area contributed by atoms with E-state index in [2.05, 4.69) is 15.2 Å². The first-order chi connectivity index (χ1) is 22.9. The van der Waals surface area contributed by atoms with Gasteiger partial charge >= 0.3 is 10.8 Å². The van der Waals surface area contributed by atoms with E-state index in [1.54, 1.807) is 6.07 Å². The van der Waals surface area contributed by atoms with Gasteiger partial charge in [0.25, 0.3) is 0 Å². The van der Waals surface area contributed by atoms with Gasteiger partial charge in [0.1, 0.15) is 11.3 Å². The van der Waals surface area contributed by atoms with E-state index in [0.717, 1.165) is 87.9 Å². The zero-order chi connectivity index (χ0) is 32.9. The van der Waals surface area contributed by atoms with Crippen LogP contribution in [-0.2, 0) is 21.6 Å². The highest BCUT2D eigenvalue weighted by atomic mass is 32.1. The molecule has 1 saturated carbocycles. The highest BCUT2D eigenvalue weighted by Gasteiger charge is 2.47. The molecular formula is C38H55N3O5S. The Morgan fingerprint density at radius 3 is 2.36 bits per heavy atom. The number of unbranched alkanes of at least 4 members (excludes halogenated alkanes) is 6. The average molecular weight is 666 g/mol. The van der Waals surface area contributed by atoms with Crippen molar-refractivity contribution in [2.75, 3.05) is 39.3 Å². The maximum atomic E-state index is 13.4. The van der Waals surface area contributed by atoms with Gasteiger partial charge < -0.3 is 30.2 Å². The number of phenolic OH excluding ortho intramolecular Hbond substituents is 1. The molecule has 47 heavy (non-hydrogen) atoms. The van der Waals surface area contributed by atoms with Crippen LogP contribution in [0.4, 0.5) is 0 Å². The molecule has 1 atom stereocenters. The molecule has 0 bridgehead atoms. The van der Waals surface area contributed by atoms with Gasteiger partial charge in [-0.05, 0) is 101 Å². The highest BCUT2D eigenvalue weighted by Crippen LogP contribution is 2.40. The van der Waals surface area contributed by atoms with Gasteiger partial charge in [-0.1, -0.05) is 99.1 Å². The Hall–Kier alpha value is -2.72. The van der Waals surface area contributed by atoms with Crippen LogP contribution in [0.1, 0.15) is 101 Å². The smallest absolute Gasteiger partial charge is 0.343 e. The molecule has 0 spiro atoms. The maximum Gasteiger partial charge on any atom is 0.343 e. The molecule has 0 amide bonds. The van der Waals surface area contributed by atoms with Gasteiger partial charge in [0.05, 0.1) is 11.3 Å². The number of nitrogens with one attached hydrogen (secondary N) is 2. The summed E-state index contributed by atoms with van der Waals surface area (Å²) in [5.74, 6) is -0.0334. The lowest BCUT2D eigenvalue weighted by Gasteiger charge is -2.37. The first-order valence-electron chi connectivity index (χ1n) is 18.2. The molecule has 2 fully saturated rings. The monoisotopic (exact) mass is 665 g/mol. The molecule has 3 aromatic rings. The topological polar surface area (TPSA) is 115 Å². The summed E-state index contributed by atoms with van der Waals surface area (Å²) in [5, 5.41) is 25.2. The highest BCUT2D eigenvalue weighted by molar-refractivity contribution is 7.16. The maximum absolute atomic E-state index is 13.4. The number of fused-ring (bicyclic) bond motifs is 1. The molecule has 0 radical (unpaired) electrons. The predicted molar refractivity (Wildman–Crippen MR) is 190 cm³/mol. The third-order valence-electron chi connectivity index (χ3n) is 10.4. The number of aromatic nitrogens is 1. The quantitative estimate of drug-likeness (QED) is 0.0865. The molecule has 1 aromatic heterocycles. The molecule has 258 valence electrons. The van der Waals surface area contributed by atoms with E-state index in [1.165, 1.54) is 62.7 Å². The number of hydrogen-bond acceptors (Lipinski definition) is 8. The number of ether oxygens (including phenoxy) is 1. The van der Waals surface area contributed by atoms with E-state index in [0.29, 0.717) is 23.6 Å². The number of thiazole rings is 1. The van der Waals surface area contributed by atoms with Crippen molar-refractivity contribution in [2.24, 2.45) is 11.8 Å². The minimum absolute atomic E-state index is 0.0768. The molecule has 1 saturated heterocycles. The number of aromatic amines is 1. The number of aromatic hydroxyl groups is 1. The van der Waals surface area contributed by atoms with Crippen LogP contribution in [0, 0.1) is 11.8 Å². The van der Waals surface area contributed by atoms with Crippen molar-refractivity contribution in [3.8, 4) is 5.75 Å². The summed E-state index contributed by atoms with van der Waals surface area (Å²) in [7, 11) is 0. The van der Waals surface area contributed by atoms with Crippen LogP contribution in [0.25, 0.3) is 10.2 Å². The fourth-order valence-electron chi connectivity index (χ4n) is 7.50. The van der Waals surface area contributed by atoms with Crippen molar-refractivity contribution in [2.45, 2.75) is 102 Å². The number of H-pyrrole nitrogens is 1. The van der Waals surface area contributed by atoms with Crippen molar-refractivity contribution < 1.29 is 19.7 Å². The summed E-state index contributed by atoms with van der Waals surface area (Å²) in [4.78, 5) is 30.2. The molecule has 4 N–H and O–H groups in total. The average Bonchev–Trinajstić information content (AvgIpc) is 3.52. The molecular weight excluding hydrogens is 611 g/mol. The third kappa shape index (κ3) is 9.91. The fourth-order valence-corrected chi connectivity index (χ4v) is 8.40. The minimum atomic E-state index is -1.54. The van der Waals surface area contributed by atoms with Crippen molar-refractivity contribution in [1.82, 2.24) is 15.2 Å². The van der Waals surface area contributed by atoms with Gasteiger partial charge in [0, 0.05) is 5.92 Å². The summed E-state index contributed by atoms with van der Waals surface area (Å²) in [6, 6.07) is 13.0. The van der Waals surface area contributed by atoms with Gasteiger partial charge in [0.15, 0.2) is 5.60 Å². The zero-order valence-electron chi connectivity index (χ0n) is 28.0. The Morgan fingerprint density at radius 2 is 1.62 bits per heavy atom. The number of nitrogens with zero attached hydrogens (tertiary/aromatic N) is 1.